The van der Waals surface area contributed by atoms with Gasteiger partial charge in [0, 0.05) is 6.42 Å². The van der Waals surface area contributed by atoms with Gasteiger partial charge in [-0.25, -0.2) is 0 Å². The largest absolute Gasteiger partial charge is 0.385 e. The predicted octanol–water partition coefficient (Wildman–Crippen LogP) is 1.76. The Morgan fingerprint density at radius 1 is 1.45 bits per heavy atom. The number of hydrogen-bond acceptors (Lipinski definition) is 1. The molecule has 1 aromatic carbocycles. The summed E-state index contributed by atoms with van der Waals surface area (Å²) in [5.74, 6) is 0. The molecular weight excluding hydrogens is 136 g/mol. The molecule has 0 spiro atoms. The average Bonchev–Trinajstić information content (AvgIpc) is 1.84. The van der Waals surface area contributed by atoms with Crippen molar-refractivity contribution in [2.45, 2.75) is 25.9 Å². The molecule has 0 aromatic heterocycles. The molecule has 1 aromatic rings. The van der Waals surface area contributed by atoms with Gasteiger partial charge >= 0.3 is 0 Å². The lowest BCUT2D eigenvalue weighted by atomic mass is 9.72. The highest BCUT2D eigenvalue weighted by Gasteiger charge is 2.36. The van der Waals surface area contributed by atoms with Crippen LogP contribution >= 0.6 is 0 Å². The number of aliphatic hydroxyl groups is 1. The summed E-state index contributed by atoms with van der Waals surface area (Å²) in [6, 6.07) is 6.18. The Kier molecular flexibility index (Phi) is 1.16. The highest BCUT2D eigenvalue weighted by molar-refractivity contribution is 5.46. The minimum atomic E-state index is -0.555. The lowest BCUT2D eigenvalue weighted by Gasteiger charge is -2.37. The molecule has 0 saturated heterocycles. The van der Waals surface area contributed by atoms with E-state index < -0.39 is 5.60 Å². The van der Waals surface area contributed by atoms with Crippen LogP contribution in [0.3, 0.4) is 0 Å². The molecule has 11 heavy (non-hydrogen) atoms. The summed E-state index contributed by atoms with van der Waals surface area (Å²) < 4.78 is 0. The van der Waals surface area contributed by atoms with Crippen molar-refractivity contribution in [3.8, 4) is 0 Å². The second kappa shape index (κ2) is 1.86. The van der Waals surface area contributed by atoms with Gasteiger partial charge in [0.2, 0.25) is 0 Å². The summed E-state index contributed by atoms with van der Waals surface area (Å²) in [5.41, 5.74) is 3.09. The fourth-order valence-corrected chi connectivity index (χ4v) is 2.00. The van der Waals surface area contributed by atoms with Crippen LogP contribution in [0.15, 0.2) is 18.2 Å². The van der Waals surface area contributed by atoms with Gasteiger partial charge < -0.3 is 5.11 Å². The zero-order chi connectivity index (χ0) is 8.06. The normalized spacial score (nSPS) is 27.5. The van der Waals surface area contributed by atoms with Crippen molar-refractivity contribution in [1.82, 2.24) is 0 Å². The van der Waals surface area contributed by atoms with Crippen molar-refractivity contribution in [3.63, 3.8) is 0 Å². The summed E-state index contributed by atoms with van der Waals surface area (Å²) in [7, 11) is 0. The van der Waals surface area contributed by atoms with Crippen LogP contribution in [0.5, 0.6) is 0 Å². The topological polar surface area (TPSA) is 20.2 Å². The van der Waals surface area contributed by atoms with Gasteiger partial charge in [0.05, 0.1) is 5.60 Å². The zero-order valence-corrected chi connectivity index (χ0v) is 6.89. The Bertz CT molecular complexity index is 285. The van der Waals surface area contributed by atoms with Crippen molar-refractivity contribution < 1.29 is 5.11 Å². The Balaban J connectivity index is 2.60. The number of fused-ring (bicyclic) bond motifs is 1. The Hall–Kier alpha value is -0.820. The quantitative estimate of drug-likeness (QED) is 0.594. The first-order valence-corrected chi connectivity index (χ1v) is 3.92. The van der Waals surface area contributed by atoms with Gasteiger partial charge in [0.15, 0.2) is 0 Å². The van der Waals surface area contributed by atoms with Gasteiger partial charge in [0.25, 0.3) is 0 Å². The van der Waals surface area contributed by atoms with Crippen molar-refractivity contribution in [2.24, 2.45) is 0 Å². The van der Waals surface area contributed by atoms with E-state index in [2.05, 4.69) is 6.07 Å². The molecule has 1 N–H and O–H groups in total. The van der Waals surface area contributed by atoms with E-state index in [-0.39, 0.29) is 0 Å². The van der Waals surface area contributed by atoms with Gasteiger partial charge in [-0.15, -0.1) is 0 Å². The Morgan fingerprint density at radius 3 is 2.64 bits per heavy atom. The van der Waals surface area contributed by atoms with Crippen LogP contribution in [0.25, 0.3) is 0 Å². The molecular formula is C10H12O. The molecule has 1 heteroatoms. The number of aryl methyl sites for hydroxylation is 1. The summed E-state index contributed by atoms with van der Waals surface area (Å²) >= 11 is 0. The standard InChI is InChI=1S/C10H12O/c1-7-4-3-5-8-6-10(2,11)9(7)8/h3-5,11H,6H2,1-2H3. The van der Waals surface area contributed by atoms with Crippen LogP contribution in [-0.4, -0.2) is 5.11 Å². The maximum atomic E-state index is 9.75. The lowest BCUT2D eigenvalue weighted by molar-refractivity contribution is 0.0321. The molecule has 1 atom stereocenters. The third-order valence-electron chi connectivity index (χ3n) is 2.43. The number of benzene rings is 1. The maximum Gasteiger partial charge on any atom is 0.0914 e. The lowest BCUT2D eigenvalue weighted by Crippen LogP contribution is -2.36. The van der Waals surface area contributed by atoms with Crippen LogP contribution < -0.4 is 0 Å². The number of hydrogen-bond donors (Lipinski definition) is 1. The zero-order valence-electron chi connectivity index (χ0n) is 6.89. The molecule has 1 unspecified atom stereocenters. The molecule has 1 aliphatic rings. The monoisotopic (exact) mass is 148 g/mol. The Labute approximate surface area is 66.7 Å². The summed E-state index contributed by atoms with van der Waals surface area (Å²) in [6.07, 6.45) is 0.810. The predicted molar refractivity (Wildman–Crippen MR) is 44.5 cm³/mol. The van der Waals surface area contributed by atoms with Crippen LogP contribution in [0.2, 0.25) is 0 Å². The van der Waals surface area contributed by atoms with Gasteiger partial charge in [-0.05, 0) is 30.5 Å². The molecule has 58 valence electrons. The Morgan fingerprint density at radius 2 is 2.18 bits per heavy atom. The second-order valence-corrected chi connectivity index (χ2v) is 3.56. The fraction of sp³-hybridized carbons (Fsp3) is 0.400. The first-order chi connectivity index (χ1) is 5.11. The van der Waals surface area contributed by atoms with E-state index in [9.17, 15) is 5.11 Å². The third-order valence-corrected chi connectivity index (χ3v) is 2.43. The van der Waals surface area contributed by atoms with E-state index in [0.29, 0.717) is 0 Å². The number of rotatable bonds is 0. The summed E-state index contributed by atoms with van der Waals surface area (Å²) in [4.78, 5) is 0. The van der Waals surface area contributed by atoms with Crippen LogP contribution in [-0.2, 0) is 12.0 Å². The van der Waals surface area contributed by atoms with Gasteiger partial charge in [-0.2, -0.15) is 0 Å². The van der Waals surface area contributed by atoms with E-state index in [1.165, 1.54) is 11.1 Å². The fourth-order valence-electron chi connectivity index (χ4n) is 2.00. The molecule has 0 radical (unpaired) electrons. The molecule has 1 nitrogen and oxygen atoms in total. The molecule has 0 saturated carbocycles. The smallest absolute Gasteiger partial charge is 0.0914 e. The van der Waals surface area contributed by atoms with Gasteiger partial charge in [-0.3, -0.25) is 0 Å². The first-order valence-electron chi connectivity index (χ1n) is 3.92. The minimum Gasteiger partial charge on any atom is -0.385 e. The maximum absolute atomic E-state index is 9.75. The van der Waals surface area contributed by atoms with E-state index in [1.54, 1.807) is 0 Å². The average molecular weight is 148 g/mol. The molecule has 2 rings (SSSR count). The van der Waals surface area contributed by atoms with E-state index in [0.717, 1.165) is 12.0 Å². The summed E-state index contributed by atoms with van der Waals surface area (Å²) in [5, 5.41) is 9.75. The van der Waals surface area contributed by atoms with Crippen LogP contribution in [0.4, 0.5) is 0 Å². The molecule has 0 bridgehead atoms. The van der Waals surface area contributed by atoms with Crippen molar-refractivity contribution in [2.75, 3.05) is 0 Å². The highest BCUT2D eigenvalue weighted by Crippen LogP contribution is 2.40. The molecule has 1 aliphatic carbocycles. The molecule has 0 aliphatic heterocycles. The van der Waals surface area contributed by atoms with Gasteiger partial charge in [0.1, 0.15) is 0 Å². The van der Waals surface area contributed by atoms with Crippen LogP contribution in [0.1, 0.15) is 23.6 Å². The van der Waals surface area contributed by atoms with Crippen molar-refractivity contribution in [1.29, 1.82) is 0 Å². The van der Waals surface area contributed by atoms with E-state index in [4.69, 9.17) is 0 Å². The first kappa shape index (κ1) is 6.86. The van der Waals surface area contributed by atoms with Crippen molar-refractivity contribution >= 4 is 0 Å². The molecule has 0 amide bonds. The molecule has 0 heterocycles. The summed E-state index contributed by atoms with van der Waals surface area (Å²) in [6.45, 7) is 3.93. The highest BCUT2D eigenvalue weighted by atomic mass is 16.3. The third kappa shape index (κ3) is 0.809. The molecule has 0 fully saturated rings. The van der Waals surface area contributed by atoms with E-state index in [1.807, 2.05) is 26.0 Å². The second-order valence-electron chi connectivity index (χ2n) is 3.56. The van der Waals surface area contributed by atoms with E-state index >= 15 is 0 Å². The van der Waals surface area contributed by atoms with Gasteiger partial charge in [-0.1, -0.05) is 18.2 Å². The minimum absolute atomic E-state index is 0.555. The SMILES string of the molecule is Cc1cccc2c1C(C)(O)C2. The van der Waals surface area contributed by atoms with Crippen LogP contribution in [0, 0.1) is 6.92 Å². The van der Waals surface area contributed by atoms with Crippen molar-refractivity contribution in [3.05, 3.63) is 34.9 Å².